The average Bonchev–Trinajstić information content (AvgIpc) is 2.65. The van der Waals surface area contributed by atoms with E-state index in [1.807, 2.05) is 32.0 Å². The highest BCUT2D eigenvalue weighted by atomic mass is 32.2. The molecule has 2 aromatic rings. The van der Waals surface area contributed by atoms with E-state index in [4.69, 9.17) is 4.74 Å². The zero-order valence-electron chi connectivity index (χ0n) is 18.8. The summed E-state index contributed by atoms with van der Waals surface area (Å²) in [6.45, 7) is 10.1. The number of carbonyl (C=O) groups excluding carboxylic acids is 2. The molecule has 7 nitrogen and oxygen atoms in total. The third kappa shape index (κ3) is 6.63. The predicted octanol–water partition coefficient (Wildman–Crippen LogP) is 3.67. The molecular formula is C23H30N2O5S. The first-order valence-corrected chi connectivity index (χ1v) is 11.5. The molecular weight excluding hydrogens is 416 g/mol. The predicted molar refractivity (Wildman–Crippen MR) is 121 cm³/mol. The Balaban J connectivity index is 2.19. The average molecular weight is 447 g/mol. The van der Waals surface area contributed by atoms with Crippen LogP contribution in [-0.4, -0.2) is 38.5 Å². The van der Waals surface area contributed by atoms with E-state index in [9.17, 15) is 18.0 Å². The van der Waals surface area contributed by atoms with E-state index < -0.39 is 28.1 Å². The van der Waals surface area contributed by atoms with Crippen LogP contribution in [0.5, 0.6) is 0 Å². The van der Waals surface area contributed by atoms with Gasteiger partial charge in [0.25, 0.3) is 5.91 Å². The first-order valence-electron chi connectivity index (χ1n) is 10.0. The molecule has 1 amide bonds. The first kappa shape index (κ1) is 24.6. The van der Waals surface area contributed by atoms with Crippen LogP contribution >= 0.6 is 0 Å². The van der Waals surface area contributed by atoms with Crippen molar-refractivity contribution in [2.24, 2.45) is 0 Å². The summed E-state index contributed by atoms with van der Waals surface area (Å²) in [5.41, 5.74) is 0.682. The van der Waals surface area contributed by atoms with Gasteiger partial charge in [0, 0.05) is 17.3 Å². The molecule has 168 valence electrons. The Kier molecular flexibility index (Phi) is 7.62. The summed E-state index contributed by atoms with van der Waals surface area (Å²) in [5, 5.41) is 0. The van der Waals surface area contributed by atoms with Crippen LogP contribution in [0.2, 0.25) is 0 Å². The van der Waals surface area contributed by atoms with Gasteiger partial charge >= 0.3 is 5.97 Å². The van der Waals surface area contributed by atoms with Gasteiger partial charge in [-0.2, -0.15) is 0 Å². The number of ether oxygens (including phenoxy) is 1. The van der Waals surface area contributed by atoms with Gasteiger partial charge in [-0.3, -0.25) is 4.79 Å². The Hall–Kier alpha value is -2.71. The second-order valence-electron chi connectivity index (χ2n) is 8.60. The quantitative estimate of drug-likeness (QED) is 0.655. The third-order valence-corrected chi connectivity index (χ3v) is 6.08. The molecule has 0 aromatic heterocycles. The number of amides is 1. The number of esters is 1. The zero-order chi connectivity index (χ0) is 23.4. The fraction of sp³-hybridized carbons (Fsp3) is 0.391. The van der Waals surface area contributed by atoms with Crippen LogP contribution in [0.3, 0.4) is 0 Å². The molecule has 0 saturated heterocycles. The van der Waals surface area contributed by atoms with Gasteiger partial charge in [0.15, 0.2) is 6.61 Å². The minimum absolute atomic E-state index is 0.0422. The molecule has 0 saturated carbocycles. The molecule has 1 N–H and O–H groups in total. The summed E-state index contributed by atoms with van der Waals surface area (Å²) >= 11 is 0. The smallest absolute Gasteiger partial charge is 0.338 e. The number of para-hydroxylation sites is 1. The van der Waals surface area contributed by atoms with Crippen LogP contribution in [-0.2, 0) is 19.6 Å². The highest BCUT2D eigenvalue weighted by Gasteiger charge is 2.25. The van der Waals surface area contributed by atoms with Crippen molar-refractivity contribution in [2.75, 3.05) is 11.5 Å². The summed E-state index contributed by atoms with van der Waals surface area (Å²) < 4.78 is 33.0. The molecule has 0 aliphatic carbocycles. The fourth-order valence-corrected chi connectivity index (χ4v) is 4.49. The van der Waals surface area contributed by atoms with E-state index in [2.05, 4.69) is 4.72 Å². The van der Waals surface area contributed by atoms with E-state index in [-0.39, 0.29) is 22.4 Å². The molecule has 2 rings (SSSR count). The number of anilines is 1. The maximum absolute atomic E-state index is 12.7. The van der Waals surface area contributed by atoms with Gasteiger partial charge in [0.05, 0.1) is 10.5 Å². The largest absolute Gasteiger partial charge is 0.452 e. The van der Waals surface area contributed by atoms with Crippen molar-refractivity contribution < 1.29 is 22.7 Å². The van der Waals surface area contributed by atoms with E-state index in [1.165, 1.54) is 12.1 Å². The highest BCUT2D eigenvalue weighted by molar-refractivity contribution is 7.89. The summed E-state index contributed by atoms with van der Waals surface area (Å²) in [4.78, 5) is 26.9. The maximum atomic E-state index is 12.7. The lowest BCUT2D eigenvalue weighted by atomic mass is 10.1. The van der Waals surface area contributed by atoms with Crippen LogP contribution in [0, 0.1) is 6.92 Å². The normalized spacial score (nSPS) is 12.0. The highest BCUT2D eigenvalue weighted by Crippen LogP contribution is 2.20. The monoisotopic (exact) mass is 446 g/mol. The Labute approximate surface area is 184 Å². The third-order valence-electron chi connectivity index (χ3n) is 4.33. The number of sulfonamides is 1. The standard InChI is InChI=1S/C23H30N2O5S/c1-16(2)25(18-10-8-7-9-11-18)21(26)15-30-22(27)20-14-19(13-12-17(20)3)31(28,29)24-23(4,5)6/h7-14,16,24H,15H2,1-6H3. The van der Waals surface area contributed by atoms with Crippen LogP contribution in [0.1, 0.15) is 50.5 Å². The maximum Gasteiger partial charge on any atom is 0.338 e. The van der Waals surface area contributed by atoms with Gasteiger partial charge in [-0.15, -0.1) is 0 Å². The van der Waals surface area contributed by atoms with Crippen LogP contribution in [0.15, 0.2) is 53.4 Å². The van der Waals surface area contributed by atoms with Gasteiger partial charge in [-0.05, 0) is 71.4 Å². The van der Waals surface area contributed by atoms with Gasteiger partial charge in [0.1, 0.15) is 0 Å². The molecule has 0 atom stereocenters. The number of carbonyl (C=O) groups is 2. The molecule has 0 bridgehead atoms. The van der Waals surface area contributed by atoms with Crippen molar-refractivity contribution >= 4 is 27.6 Å². The fourth-order valence-electron chi connectivity index (χ4n) is 3.04. The second-order valence-corrected chi connectivity index (χ2v) is 10.3. The van der Waals surface area contributed by atoms with Crippen molar-refractivity contribution in [1.82, 2.24) is 4.72 Å². The number of nitrogens with zero attached hydrogens (tertiary/aromatic N) is 1. The molecule has 0 fully saturated rings. The second kappa shape index (κ2) is 9.62. The lowest BCUT2D eigenvalue weighted by Gasteiger charge is -2.26. The minimum Gasteiger partial charge on any atom is -0.452 e. The van der Waals surface area contributed by atoms with Crippen molar-refractivity contribution in [3.63, 3.8) is 0 Å². The van der Waals surface area contributed by atoms with Crippen molar-refractivity contribution in [3.8, 4) is 0 Å². The van der Waals surface area contributed by atoms with Gasteiger partial charge in [-0.25, -0.2) is 17.9 Å². The van der Waals surface area contributed by atoms with Gasteiger partial charge in [-0.1, -0.05) is 24.3 Å². The molecule has 0 radical (unpaired) electrons. The molecule has 0 aliphatic rings. The molecule has 8 heteroatoms. The van der Waals surface area contributed by atoms with Crippen molar-refractivity contribution in [2.45, 2.75) is 58.0 Å². The summed E-state index contributed by atoms with van der Waals surface area (Å²) in [5.74, 6) is -1.12. The molecule has 0 unspecified atom stereocenters. The number of aryl methyl sites for hydroxylation is 1. The molecule has 31 heavy (non-hydrogen) atoms. The topological polar surface area (TPSA) is 92.8 Å². The SMILES string of the molecule is Cc1ccc(S(=O)(=O)NC(C)(C)C)cc1C(=O)OCC(=O)N(c1ccccc1)C(C)C. The lowest BCUT2D eigenvalue weighted by Crippen LogP contribution is -2.40. The molecule has 0 aliphatic heterocycles. The van der Waals surface area contributed by atoms with Crippen LogP contribution in [0.25, 0.3) is 0 Å². The van der Waals surface area contributed by atoms with Crippen LogP contribution in [0.4, 0.5) is 5.69 Å². The number of benzene rings is 2. The first-order chi connectivity index (χ1) is 14.3. The number of hydrogen-bond donors (Lipinski definition) is 1. The van der Waals surface area contributed by atoms with E-state index in [0.717, 1.165) is 0 Å². The van der Waals surface area contributed by atoms with Gasteiger partial charge < -0.3 is 9.64 Å². The number of rotatable bonds is 7. The summed E-state index contributed by atoms with van der Waals surface area (Å²) in [6, 6.07) is 13.2. The van der Waals surface area contributed by atoms with Gasteiger partial charge in [0.2, 0.25) is 10.0 Å². The summed E-state index contributed by atoms with van der Waals surface area (Å²) in [6.07, 6.45) is 0. The van der Waals surface area contributed by atoms with Crippen LogP contribution < -0.4 is 9.62 Å². The van der Waals surface area contributed by atoms with Crippen molar-refractivity contribution in [3.05, 3.63) is 59.7 Å². The Morgan fingerprint density at radius 2 is 1.68 bits per heavy atom. The van der Waals surface area contributed by atoms with E-state index in [1.54, 1.807) is 50.8 Å². The zero-order valence-corrected chi connectivity index (χ0v) is 19.6. The molecule has 0 heterocycles. The van der Waals surface area contributed by atoms with E-state index >= 15 is 0 Å². The molecule has 0 spiro atoms. The van der Waals surface area contributed by atoms with E-state index in [0.29, 0.717) is 11.3 Å². The van der Waals surface area contributed by atoms with Crippen molar-refractivity contribution in [1.29, 1.82) is 0 Å². The lowest BCUT2D eigenvalue weighted by molar-refractivity contribution is -0.122. The number of hydrogen-bond acceptors (Lipinski definition) is 5. The number of nitrogens with one attached hydrogen (secondary N) is 1. The Morgan fingerprint density at radius 1 is 1.06 bits per heavy atom. The Morgan fingerprint density at radius 3 is 2.23 bits per heavy atom. The Bertz CT molecular complexity index is 1040. The molecule has 2 aromatic carbocycles. The minimum atomic E-state index is -3.82. The summed E-state index contributed by atoms with van der Waals surface area (Å²) in [7, 11) is -3.82.